The van der Waals surface area contributed by atoms with Crippen molar-refractivity contribution >= 4 is 11.6 Å². The molecule has 0 aliphatic heterocycles. The first kappa shape index (κ1) is 13.2. The molecule has 0 saturated carbocycles. The number of ether oxygens (including phenoxy) is 1. The zero-order valence-electron chi connectivity index (χ0n) is 11.4. The van der Waals surface area contributed by atoms with Crippen LogP contribution in [-0.2, 0) is 0 Å². The van der Waals surface area contributed by atoms with Crippen molar-refractivity contribution in [2.45, 2.75) is 6.92 Å². The molecular weight excluding hydrogens is 272 g/mol. The van der Waals surface area contributed by atoms with E-state index in [2.05, 4.69) is 0 Å². The third-order valence-electron chi connectivity index (χ3n) is 3.60. The number of fused-ring (bicyclic) bond motifs is 2. The van der Waals surface area contributed by atoms with E-state index in [0.717, 1.165) is 0 Å². The molecule has 0 atom stereocenters. The quantitative estimate of drug-likeness (QED) is 0.715. The lowest BCUT2D eigenvalue weighted by Crippen LogP contribution is -2.21. The Bertz CT molecular complexity index is 805. The highest BCUT2D eigenvalue weighted by molar-refractivity contribution is 6.29. The molecule has 2 N–H and O–H groups in total. The predicted molar refractivity (Wildman–Crippen MR) is 74.4 cm³/mol. The Morgan fingerprint density at radius 3 is 2.24 bits per heavy atom. The van der Waals surface area contributed by atoms with E-state index >= 15 is 0 Å². The lowest BCUT2D eigenvalue weighted by molar-refractivity contribution is 0.0976. The van der Waals surface area contributed by atoms with Crippen molar-refractivity contribution in [2.24, 2.45) is 0 Å². The molecule has 2 aromatic carbocycles. The lowest BCUT2D eigenvalue weighted by Gasteiger charge is -2.20. The van der Waals surface area contributed by atoms with Crippen molar-refractivity contribution in [1.82, 2.24) is 0 Å². The molecule has 0 unspecified atom stereocenters. The number of phenols is 2. The van der Waals surface area contributed by atoms with Gasteiger partial charge in [0.05, 0.1) is 12.7 Å². The molecule has 0 radical (unpaired) electrons. The van der Waals surface area contributed by atoms with E-state index in [4.69, 9.17) is 4.74 Å². The van der Waals surface area contributed by atoms with E-state index in [1.54, 1.807) is 6.92 Å². The minimum absolute atomic E-state index is 0.0453. The van der Waals surface area contributed by atoms with Gasteiger partial charge in [0.2, 0.25) is 0 Å². The molecule has 0 saturated heterocycles. The summed E-state index contributed by atoms with van der Waals surface area (Å²) in [5, 5.41) is 19.4. The number of carbonyl (C=O) groups is 2. The molecule has 3 rings (SSSR count). The summed E-state index contributed by atoms with van der Waals surface area (Å²) in [5.74, 6) is -0.848. The average molecular weight is 284 g/mol. The van der Waals surface area contributed by atoms with E-state index in [1.165, 1.54) is 31.4 Å². The summed E-state index contributed by atoms with van der Waals surface area (Å²) in [7, 11) is 1.36. The van der Waals surface area contributed by atoms with Gasteiger partial charge in [0, 0.05) is 22.8 Å². The van der Waals surface area contributed by atoms with Gasteiger partial charge < -0.3 is 14.9 Å². The fourth-order valence-electron chi connectivity index (χ4n) is 2.53. The van der Waals surface area contributed by atoms with Crippen LogP contribution in [0.4, 0.5) is 0 Å². The fraction of sp³-hybridized carbons (Fsp3) is 0.125. The first-order valence-electron chi connectivity index (χ1n) is 6.28. The van der Waals surface area contributed by atoms with E-state index in [9.17, 15) is 19.8 Å². The monoisotopic (exact) mass is 284 g/mol. The summed E-state index contributed by atoms with van der Waals surface area (Å²) in [6.07, 6.45) is 0. The Hall–Kier alpha value is -2.82. The van der Waals surface area contributed by atoms with Crippen molar-refractivity contribution in [3.63, 3.8) is 0 Å². The van der Waals surface area contributed by atoms with Crippen molar-refractivity contribution in [1.29, 1.82) is 0 Å². The number of carbonyl (C=O) groups excluding carboxylic acids is 2. The third-order valence-corrected chi connectivity index (χ3v) is 3.60. The maximum absolute atomic E-state index is 12.6. The van der Waals surface area contributed by atoms with Gasteiger partial charge in [-0.05, 0) is 30.7 Å². The van der Waals surface area contributed by atoms with Crippen LogP contribution >= 0.6 is 0 Å². The van der Waals surface area contributed by atoms with Gasteiger partial charge >= 0.3 is 0 Å². The van der Waals surface area contributed by atoms with Gasteiger partial charge in [-0.25, -0.2) is 0 Å². The van der Waals surface area contributed by atoms with Crippen LogP contribution in [0.2, 0.25) is 0 Å². The van der Waals surface area contributed by atoms with E-state index < -0.39 is 5.78 Å². The number of benzene rings is 2. The van der Waals surface area contributed by atoms with Gasteiger partial charge in [-0.3, -0.25) is 9.59 Å². The number of aromatic hydroxyl groups is 2. The zero-order valence-corrected chi connectivity index (χ0v) is 11.4. The molecule has 106 valence electrons. The smallest absolute Gasteiger partial charge is 0.198 e. The number of hydrogen-bond acceptors (Lipinski definition) is 5. The summed E-state index contributed by atoms with van der Waals surface area (Å²) in [4.78, 5) is 25.1. The number of hydrogen-bond donors (Lipinski definition) is 2. The van der Waals surface area contributed by atoms with Gasteiger partial charge in [-0.1, -0.05) is 0 Å². The standard InChI is InChI=1S/C16H12O5/c1-7-3-9-10(6-12(7)18)16(20)14-11(15(9)19)4-8(17)5-13(14)21-2/h3-6,17-18H,1-2H3. The Balaban J connectivity index is 2.35. The maximum Gasteiger partial charge on any atom is 0.198 e. The number of phenolic OH excluding ortho intramolecular Hbond substituents is 2. The van der Waals surface area contributed by atoms with Gasteiger partial charge in [0.1, 0.15) is 17.2 Å². The van der Waals surface area contributed by atoms with Crippen LogP contribution in [0.3, 0.4) is 0 Å². The molecular formula is C16H12O5. The van der Waals surface area contributed by atoms with Crippen molar-refractivity contribution in [3.05, 3.63) is 52.1 Å². The van der Waals surface area contributed by atoms with E-state index in [1.807, 2.05) is 0 Å². The van der Waals surface area contributed by atoms with Crippen molar-refractivity contribution < 1.29 is 24.5 Å². The molecule has 2 aromatic rings. The topological polar surface area (TPSA) is 83.8 Å². The number of ketones is 2. The fourth-order valence-corrected chi connectivity index (χ4v) is 2.53. The Morgan fingerprint density at radius 2 is 1.57 bits per heavy atom. The second-order valence-corrected chi connectivity index (χ2v) is 4.91. The number of aryl methyl sites for hydroxylation is 1. The normalized spacial score (nSPS) is 12.9. The van der Waals surface area contributed by atoms with Crippen LogP contribution in [0.15, 0.2) is 24.3 Å². The number of rotatable bonds is 1. The minimum Gasteiger partial charge on any atom is -0.508 e. The Morgan fingerprint density at radius 1 is 0.905 bits per heavy atom. The van der Waals surface area contributed by atoms with Gasteiger partial charge in [-0.15, -0.1) is 0 Å². The first-order chi connectivity index (χ1) is 9.93. The Kier molecular flexibility index (Phi) is 2.73. The summed E-state index contributed by atoms with van der Waals surface area (Å²) in [5.41, 5.74) is 1.08. The van der Waals surface area contributed by atoms with Crippen LogP contribution < -0.4 is 4.74 Å². The summed E-state index contributed by atoms with van der Waals surface area (Å²) in [6.45, 7) is 1.64. The molecule has 0 spiro atoms. The molecule has 5 heteroatoms. The average Bonchev–Trinajstić information content (AvgIpc) is 2.45. The highest BCUT2D eigenvalue weighted by atomic mass is 16.5. The molecule has 21 heavy (non-hydrogen) atoms. The van der Waals surface area contributed by atoms with Crippen LogP contribution in [0.1, 0.15) is 37.4 Å². The molecule has 0 heterocycles. The summed E-state index contributed by atoms with van der Waals surface area (Å²) in [6, 6.07) is 5.30. The first-order valence-corrected chi connectivity index (χ1v) is 6.28. The number of methoxy groups -OCH3 is 1. The van der Waals surface area contributed by atoms with Gasteiger partial charge in [0.25, 0.3) is 0 Å². The molecule has 0 amide bonds. The molecule has 5 nitrogen and oxygen atoms in total. The second-order valence-electron chi connectivity index (χ2n) is 4.91. The van der Waals surface area contributed by atoms with Crippen LogP contribution in [-0.4, -0.2) is 28.9 Å². The van der Waals surface area contributed by atoms with Crippen molar-refractivity contribution in [3.8, 4) is 17.2 Å². The molecule has 1 aliphatic rings. The lowest BCUT2D eigenvalue weighted by atomic mass is 9.82. The van der Waals surface area contributed by atoms with E-state index in [0.29, 0.717) is 5.56 Å². The molecule has 0 aromatic heterocycles. The minimum atomic E-state index is -0.410. The van der Waals surface area contributed by atoms with Crippen LogP contribution in [0, 0.1) is 6.92 Å². The van der Waals surface area contributed by atoms with Gasteiger partial charge in [-0.2, -0.15) is 0 Å². The Labute approximate surface area is 120 Å². The highest BCUT2D eigenvalue weighted by Gasteiger charge is 2.33. The predicted octanol–water partition coefficient (Wildman–Crippen LogP) is 2.19. The molecule has 0 bridgehead atoms. The maximum atomic E-state index is 12.6. The summed E-state index contributed by atoms with van der Waals surface area (Å²) < 4.78 is 5.09. The van der Waals surface area contributed by atoms with Crippen LogP contribution in [0.25, 0.3) is 0 Å². The summed E-state index contributed by atoms with van der Waals surface area (Å²) >= 11 is 0. The second kappa shape index (κ2) is 4.34. The largest absolute Gasteiger partial charge is 0.508 e. The van der Waals surface area contributed by atoms with E-state index in [-0.39, 0.29) is 45.3 Å². The molecule has 1 aliphatic carbocycles. The van der Waals surface area contributed by atoms with Crippen LogP contribution in [0.5, 0.6) is 17.2 Å². The van der Waals surface area contributed by atoms with Gasteiger partial charge in [0.15, 0.2) is 11.6 Å². The third kappa shape index (κ3) is 1.78. The highest BCUT2D eigenvalue weighted by Crippen LogP contribution is 2.37. The molecule has 0 fully saturated rings. The SMILES string of the molecule is COc1cc(O)cc2c1C(=O)c1cc(O)c(C)cc1C2=O. The zero-order chi connectivity index (χ0) is 15.3. The van der Waals surface area contributed by atoms with Crippen molar-refractivity contribution in [2.75, 3.05) is 7.11 Å².